The average molecular weight is 229 g/mol. The van der Waals surface area contributed by atoms with E-state index < -0.39 is 0 Å². The second-order valence-electron chi connectivity index (χ2n) is 3.46. The van der Waals surface area contributed by atoms with Crippen LogP contribution < -0.4 is 0 Å². The zero-order valence-electron chi connectivity index (χ0n) is 8.93. The molecule has 1 aromatic carbocycles. The van der Waals surface area contributed by atoms with Gasteiger partial charge in [-0.3, -0.25) is 0 Å². The molecule has 0 radical (unpaired) electrons. The molecule has 80 valence electrons. The van der Waals surface area contributed by atoms with E-state index in [2.05, 4.69) is 6.07 Å². The zero-order chi connectivity index (χ0) is 11.4. The summed E-state index contributed by atoms with van der Waals surface area (Å²) in [6.07, 6.45) is 1.68. The monoisotopic (exact) mass is 229 g/mol. The standard InChI is InChI=1S/C13H11NOS/c1-10-7-11(8-14)4-5-13(10)16-9-12-3-2-6-15-12/h2-7H,9H2,1H3. The molecule has 0 aliphatic rings. The van der Waals surface area contributed by atoms with Crippen LogP contribution in [-0.4, -0.2) is 0 Å². The smallest absolute Gasteiger partial charge is 0.113 e. The van der Waals surface area contributed by atoms with Crippen LogP contribution in [0.5, 0.6) is 0 Å². The van der Waals surface area contributed by atoms with Crippen molar-refractivity contribution in [1.29, 1.82) is 5.26 Å². The molecule has 0 atom stereocenters. The molecule has 0 amide bonds. The summed E-state index contributed by atoms with van der Waals surface area (Å²) in [5.41, 5.74) is 1.84. The number of hydrogen-bond donors (Lipinski definition) is 0. The predicted octanol–water partition coefficient (Wildman–Crippen LogP) is 3.75. The Kier molecular flexibility index (Phi) is 3.33. The third-order valence-electron chi connectivity index (χ3n) is 2.25. The van der Waals surface area contributed by atoms with E-state index in [0.717, 1.165) is 17.1 Å². The molecule has 0 unspecified atom stereocenters. The Morgan fingerprint density at radius 2 is 2.25 bits per heavy atom. The predicted molar refractivity (Wildman–Crippen MR) is 64.2 cm³/mol. The lowest BCUT2D eigenvalue weighted by Gasteiger charge is -2.04. The highest BCUT2D eigenvalue weighted by Crippen LogP contribution is 2.26. The van der Waals surface area contributed by atoms with E-state index in [4.69, 9.17) is 9.68 Å². The van der Waals surface area contributed by atoms with Gasteiger partial charge in [-0.25, -0.2) is 0 Å². The molecular formula is C13H11NOS. The molecule has 3 heteroatoms. The molecule has 0 bridgehead atoms. The van der Waals surface area contributed by atoms with Crippen molar-refractivity contribution in [3.8, 4) is 6.07 Å². The number of benzene rings is 1. The number of hydrogen-bond acceptors (Lipinski definition) is 3. The minimum atomic E-state index is 0.708. The van der Waals surface area contributed by atoms with Crippen LogP contribution in [0, 0.1) is 18.3 Å². The van der Waals surface area contributed by atoms with E-state index in [0.29, 0.717) is 5.56 Å². The molecule has 2 rings (SSSR count). The van der Waals surface area contributed by atoms with Gasteiger partial charge in [-0.1, -0.05) is 0 Å². The van der Waals surface area contributed by atoms with Crippen LogP contribution in [0.25, 0.3) is 0 Å². The quantitative estimate of drug-likeness (QED) is 0.752. The molecule has 0 aliphatic heterocycles. The van der Waals surface area contributed by atoms with E-state index >= 15 is 0 Å². The van der Waals surface area contributed by atoms with Gasteiger partial charge in [-0.15, -0.1) is 11.8 Å². The molecule has 0 N–H and O–H groups in total. The van der Waals surface area contributed by atoms with Gasteiger partial charge in [-0.05, 0) is 42.8 Å². The maximum absolute atomic E-state index is 8.76. The highest BCUT2D eigenvalue weighted by atomic mass is 32.2. The first-order valence-electron chi connectivity index (χ1n) is 4.95. The van der Waals surface area contributed by atoms with Gasteiger partial charge in [0.15, 0.2) is 0 Å². The van der Waals surface area contributed by atoms with Crippen LogP contribution in [-0.2, 0) is 5.75 Å². The Labute approximate surface area is 98.9 Å². The van der Waals surface area contributed by atoms with Crippen molar-refractivity contribution < 1.29 is 4.42 Å². The zero-order valence-corrected chi connectivity index (χ0v) is 9.75. The fourth-order valence-corrected chi connectivity index (χ4v) is 2.34. The van der Waals surface area contributed by atoms with Crippen molar-refractivity contribution in [1.82, 2.24) is 0 Å². The summed E-state index contributed by atoms with van der Waals surface area (Å²) in [6, 6.07) is 11.7. The summed E-state index contributed by atoms with van der Waals surface area (Å²) in [4.78, 5) is 1.19. The second-order valence-corrected chi connectivity index (χ2v) is 4.48. The van der Waals surface area contributed by atoms with Crippen molar-refractivity contribution in [2.45, 2.75) is 17.6 Å². The Morgan fingerprint density at radius 3 is 2.88 bits per heavy atom. The van der Waals surface area contributed by atoms with Crippen molar-refractivity contribution in [3.05, 3.63) is 53.5 Å². The molecule has 0 saturated heterocycles. The molecule has 2 nitrogen and oxygen atoms in total. The van der Waals surface area contributed by atoms with Gasteiger partial charge >= 0.3 is 0 Å². The van der Waals surface area contributed by atoms with Crippen molar-refractivity contribution in [2.24, 2.45) is 0 Å². The Hall–Kier alpha value is -1.66. The highest BCUT2D eigenvalue weighted by molar-refractivity contribution is 7.98. The Bertz CT molecular complexity index is 511. The Morgan fingerprint density at radius 1 is 1.38 bits per heavy atom. The summed E-state index contributed by atoms with van der Waals surface area (Å²) in [5.74, 6) is 1.79. The summed E-state index contributed by atoms with van der Waals surface area (Å²) in [5, 5.41) is 8.76. The van der Waals surface area contributed by atoms with E-state index in [9.17, 15) is 0 Å². The van der Waals surface area contributed by atoms with Gasteiger partial charge in [0.25, 0.3) is 0 Å². The Balaban J connectivity index is 2.08. The van der Waals surface area contributed by atoms with Gasteiger partial charge in [0.05, 0.1) is 23.6 Å². The van der Waals surface area contributed by atoms with Crippen LogP contribution in [0.3, 0.4) is 0 Å². The topological polar surface area (TPSA) is 36.9 Å². The average Bonchev–Trinajstić information content (AvgIpc) is 2.80. The van der Waals surface area contributed by atoms with Crippen molar-refractivity contribution in [2.75, 3.05) is 0 Å². The van der Waals surface area contributed by atoms with E-state index in [-0.39, 0.29) is 0 Å². The fourth-order valence-electron chi connectivity index (χ4n) is 1.42. The normalized spacial score (nSPS) is 10.0. The first kappa shape index (κ1) is 10.8. The maximum atomic E-state index is 8.76. The molecule has 1 aromatic heterocycles. The number of rotatable bonds is 3. The molecule has 16 heavy (non-hydrogen) atoms. The number of furan rings is 1. The fraction of sp³-hybridized carbons (Fsp3) is 0.154. The SMILES string of the molecule is Cc1cc(C#N)ccc1SCc1ccco1. The first-order valence-corrected chi connectivity index (χ1v) is 5.94. The van der Waals surface area contributed by atoms with Crippen LogP contribution in [0.4, 0.5) is 0 Å². The lowest BCUT2D eigenvalue weighted by molar-refractivity contribution is 0.530. The summed E-state index contributed by atoms with van der Waals surface area (Å²) in [7, 11) is 0. The van der Waals surface area contributed by atoms with Crippen LogP contribution >= 0.6 is 11.8 Å². The van der Waals surface area contributed by atoms with E-state index in [1.165, 1.54) is 4.90 Å². The maximum Gasteiger partial charge on any atom is 0.113 e. The number of aryl methyl sites for hydroxylation is 1. The van der Waals surface area contributed by atoms with Gasteiger partial charge in [0, 0.05) is 4.90 Å². The number of nitrogens with zero attached hydrogens (tertiary/aromatic N) is 1. The van der Waals surface area contributed by atoms with Gasteiger partial charge < -0.3 is 4.42 Å². The molecule has 0 saturated carbocycles. The first-order chi connectivity index (χ1) is 7.79. The number of nitriles is 1. The lowest BCUT2D eigenvalue weighted by Crippen LogP contribution is -1.83. The summed E-state index contributed by atoms with van der Waals surface area (Å²) in [6.45, 7) is 2.02. The third-order valence-corrected chi connectivity index (χ3v) is 3.45. The summed E-state index contributed by atoms with van der Waals surface area (Å²) >= 11 is 1.72. The molecule has 1 heterocycles. The molecule has 0 aliphatic carbocycles. The highest BCUT2D eigenvalue weighted by Gasteiger charge is 2.02. The second kappa shape index (κ2) is 4.91. The third kappa shape index (κ3) is 2.47. The molecular weight excluding hydrogens is 218 g/mol. The molecule has 2 aromatic rings. The van der Waals surface area contributed by atoms with Gasteiger partial charge in [0.1, 0.15) is 5.76 Å². The lowest BCUT2D eigenvalue weighted by atomic mass is 10.2. The van der Waals surface area contributed by atoms with Gasteiger partial charge in [0.2, 0.25) is 0 Å². The minimum Gasteiger partial charge on any atom is -0.468 e. The van der Waals surface area contributed by atoms with Crippen LogP contribution in [0.15, 0.2) is 45.9 Å². The molecule has 0 fully saturated rings. The van der Waals surface area contributed by atoms with Crippen molar-refractivity contribution >= 4 is 11.8 Å². The van der Waals surface area contributed by atoms with E-state index in [1.807, 2.05) is 37.3 Å². The summed E-state index contributed by atoms with van der Waals surface area (Å²) < 4.78 is 5.27. The largest absolute Gasteiger partial charge is 0.468 e. The molecule has 0 spiro atoms. The van der Waals surface area contributed by atoms with Crippen LogP contribution in [0.2, 0.25) is 0 Å². The minimum absolute atomic E-state index is 0.708. The van der Waals surface area contributed by atoms with Crippen molar-refractivity contribution in [3.63, 3.8) is 0 Å². The van der Waals surface area contributed by atoms with Crippen LogP contribution in [0.1, 0.15) is 16.9 Å². The van der Waals surface area contributed by atoms with Gasteiger partial charge in [-0.2, -0.15) is 5.26 Å². The number of thioether (sulfide) groups is 1. The van der Waals surface area contributed by atoms with E-state index in [1.54, 1.807) is 18.0 Å².